The van der Waals surface area contributed by atoms with Gasteiger partial charge in [-0.3, -0.25) is 25.2 Å². The van der Waals surface area contributed by atoms with E-state index < -0.39 is 34.4 Å². The molecule has 1 aliphatic heterocycles. The summed E-state index contributed by atoms with van der Waals surface area (Å²) in [6, 6.07) is 9.07. The summed E-state index contributed by atoms with van der Waals surface area (Å²) in [4.78, 5) is 39.4. The van der Waals surface area contributed by atoms with E-state index >= 15 is 0 Å². The predicted octanol–water partition coefficient (Wildman–Crippen LogP) is 1.13. The van der Waals surface area contributed by atoms with E-state index in [1.165, 1.54) is 35.4 Å². The van der Waals surface area contributed by atoms with Crippen LogP contribution in [0.25, 0.3) is 0 Å². The van der Waals surface area contributed by atoms with Crippen LogP contribution in [-0.4, -0.2) is 61.5 Å². The molecule has 0 bridgehead atoms. The Bertz CT molecular complexity index is 1050. The Hall–Kier alpha value is -2.76. The zero-order chi connectivity index (χ0) is 22.6. The largest absolute Gasteiger partial charge is 0.326 e. The van der Waals surface area contributed by atoms with Crippen LogP contribution < -0.4 is 10.9 Å². The lowest BCUT2D eigenvalue weighted by atomic mass is 10.2. The molecule has 0 saturated carbocycles. The van der Waals surface area contributed by atoms with Gasteiger partial charge in [0, 0.05) is 13.6 Å². The monoisotopic (exact) mass is 464 g/mol. The number of hydrazine groups is 1. The highest BCUT2D eigenvalue weighted by atomic mass is 32.2. The lowest BCUT2D eigenvalue weighted by Crippen LogP contribution is -2.53. The molecule has 9 nitrogen and oxygen atoms in total. The van der Waals surface area contributed by atoms with Crippen molar-refractivity contribution < 1.29 is 22.8 Å². The van der Waals surface area contributed by atoms with Gasteiger partial charge in [0.2, 0.25) is 10.0 Å². The number of carbonyl (C=O) groups excluding carboxylic acids is 3. The summed E-state index contributed by atoms with van der Waals surface area (Å²) in [6.07, 6.45) is 1.17. The minimum atomic E-state index is -3.84. The quantitative estimate of drug-likeness (QED) is 0.622. The van der Waals surface area contributed by atoms with Gasteiger partial charge in [0.15, 0.2) is 0 Å². The van der Waals surface area contributed by atoms with Crippen LogP contribution in [0.4, 0.5) is 0 Å². The molecule has 3 rings (SSSR count). The number of benzene rings is 1. The van der Waals surface area contributed by atoms with Gasteiger partial charge < -0.3 is 4.90 Å². The van der Waals surface area contributed by atoms with Gasteiger partial charge >= 0.3 is 0 Å². The number of likely N-dealkylation sites (N-methyl/N-ethyl adjacent to an activating group) is 1. The molecule has 1 aromatic carbocycles. The molecule has 0 aliphatic carbocycles. The minimum Gasteiger partial charge on any atom is -0.326 e. The van der Waals surface area contributed by atoms with E-state index in [1.807, 2.05) is 6.92 Å². The number of nitrogens with one attached hydrogen (secondary N) is 2. The summed E-state index contributed by atoms with van der Waals surface area (Å²) in [7, 11) is -2.56. The van der Waals surface area contributed by atoms with Crippen molar-refractivity contribution in [3.05, 3.63) is 52.2 Å². The topological polar surface area (TPSA) is 116 Å². The number of carbonyl (C=O) groups is 3. The molecule has 166 valence electrons. The molecule has 3 amide bonds. The number of sulfonamides is 1. The highest BCUT2D eigenvalue weighted by molar-refractivity contribution is 7.89. The molecule has 0 radical (unpaired) electrons. The van der Waals surface area contributed by atoms with E-state index in [9.17, 15) is 22.8 Å². The lowest BCUT2D eigenvalue weighted by molar-refractivity contribution is -0.131. The normalized spacial score (nSPS) is 16.4. The van der Waals surface area contributed by atoms with Crippen LogP contribution in [-0.2, 0) is 19.6 Å². The van der Waals surface area contributed by atoms with Crippen molar-refractivity contribution >= 4 is 39.1 Å². The Morgan fingerprint density at radius 1 is 1.16 bits per heavy atom. The van der Waals surface area contributed by atoms with Crippen molar-refractivity contribution in [3.63, 3.8) is 0 Å². The van der Waals surface area contributed by atoms with E-state index in [1.54, 1.807) is 29.6 Å². The molecule has 1 aliphatic rings. The zero-order valence-electron chi connectivity index (χ0n) is 17.2. The molecule has 1 aromatic heterocycles. The van der Waals surface area contributed by atoms with Crippen molar-refractivity contribution in [1.29, 1.82) is 0 Å². The molecular weight excluding hydrogens is 440 g/mol. The fraction of sp³-hybridized carbons (Fsp3) is 0.350. The van der Waals surface area contributed by atoms with Crippen LogP contribution in [0.15, 0.2) is 46.7 Å². The van der Waals surface area contributed by atoms with Gasteiger partial charge in [0.1, 0.15) is 6.04 Å². The second-order valence-corrected chi connectivity index (χ2v) is 10.2. The summed E-state index contributed by atoms with van der Waals surface area (Å²) in [5.74, 6) is -1.43. The highest BCUT2D eigenvalue weighted by Crippen LogP contribution is 2.22. The fourth-order valence-corrected chi connectivity index (χ4v) is 5.06. The Kier molecular flexibility index (Phi) is 7.08. The van der Waals surface area contributed by atoms with E-state index in [0.717, 1.165) is 9.87 Å². The van der Waals surface area contributed by atoms with Crippen molar-refractivity contribution in [2.75, 3.05) is 20.1 Å². The average Bonchev–Trinajstić information content (AvgIpc) is 3.44. The van der Waals surface area contributed by atoms with Crippen molar-refractivity contribution in [2.24, 2.45) is 0 Å². The zero-order valence-corrected chi connectivity index (χ0v) is 18.8. The van der Waals surface area contributed by atoms with Crippen LogP contribution in [0.2, 0.25) is 0 Å². The number of rotatable bonds is 6. The van der Waals surface area contributed by atoms with Crippen molar-refractivity contribution in [1.82, 2.24) is 20.1 Å². The average molecular weight is 465 g/mol. The van der Waals surface area contributed by atoms with E-state index in [0.29, 0.717) is 24.3 Å². The standard InChI is InChI=1S/C20H24N4O5S2/c1-14-7-9-15(10-8-14)31(28,29)23(2)13-18(25)21-22-19(26)16-5-3-11-24(16)20(27)17-6-4-12-30-17/h4,6-10,12,16H,3,5,11,13H2,1-2H3,(H,21,25)(H,22,26)/t16-/m1/s1. The first kappa shape index (κ1) is 22.9. The number of nitrogens with zero attached hydrogens (tertiary/aromatic N) is 2. The fourth-order valence-electron chi connectivity index (χ4n) is 3.26. The number of amides is 3. The Morgan fingerprint density at radius 2 is 1.87 bits per heavy atom. The van der Waals surface area contributed by atoms with Crippen LogP contribution in [0.1, 0.15) is 28.1 Å². The van der Waals surface area contributed by atoms with Crippen LogP contribution in [0, 0.1) is 6.92 Å². The summed E-state index contributed by atoms with van der Waals surface area (Å²) in [6.45, 7) is 1.83. The summed E-state index contributed by atoms with van der Waals surface area (Å²) in [5, 5.41) is 1.79. The van der Waals surface area contributed by atoms with Gasteiger partial charge in [-0.2, -0.15) is 4.31 Å². The Morgan fingerprint density at radius 3 is 2.52 bits per heavy atom. The molecule has 1 saturated heterocycles. The SMILES string of the molecule is Cc1ccc(S(=O)(=O)N(C)CC(=O)NNC(=O)[C@H]2CCCN2C(=O)c2cccs2)cc1. The van der Waals surface area contributed by atoms with E-state index in [4.69, 9.17) is 0 Å². The molecule has 2 heterocycles. The molecular formula is C20H24N4O5S2. The Labute approximate surface area is 185 Å². The second kappa shape index (κ2) is 9.58. The minimum absolute atomic E-state index is 0.0751. The number of aryl methyl sites for hydroxylation is 1. The van der Waals surface area contributed by atoms with Gasteiger partial charge in [-0.25, -0.2) is 8.42 Å². The van der Waals surface area contributed by atoms with Crippen LogP contribution in [0.3, 0.4) is 0 Å². The number of likely N-dealkylation sites (tertiary alicyclic amines) is 1. The second-order valence-electron chi connectivity index (χ2n) is 7.25. The maximum atomic E-state index is 12.6. The maximum Gasteiger partial charge on any atom is 0.264 e. The molecule has 2 aromatic rings. The number of hydrogen-bond donors (Lipinski definition) is 2. The first-order chi connectivity index (χ1) is 14.7. The summed E-state index contributed by atoms with van der Waals surface area (Å²) >= 11 is 1.30. The molecule has 31 heavy (non-hydrogen) atoms. The lowest BCUT2D eigenvalue weighted by Gasteiger charge is -2.23. The first-order valence-electron chi connectivity index (χ1n) is 9.66. The van der Waals surface area contributed by atoms with Gasteiger partial charge in [0.25, 0.3) is 17.7 Å². The molecule has 0 spiro atoms. The van der Waals surface area contributed by atoms with Gasteiger partial charge in [-0.15, -0.1) is 11.3 Å². The smallest absolute Gasteiger partial charge is 0.264 e. The number of hydrogen-bond acceptors (Lipinski definition) is 6. The van der Waals surface area contributed by atoms with Crippen LogP contribution in [0.5, 0.6) is 0 Å². The predicted molar refractivity (Wildman–Crippen MR) is 116 cm³/mol. The summed E-state index contributed by atoms with van der Waals surface area (Å²) < 4.78 is 26.0. The number of thiophene rings is 1. The highest BCUT2D eigenvalue weighted by Gasteiger charge is 2.35. The first-order valence-corrected chi connectivity index (χ1v) is 12.0. The third kappa shape index (κ3) is 5.30. The molecule has 11 heteroatoms. The van der Waals surface area contributed by atoms with Crippen molar-refractivity contribution in [3.8, 4) is 0 Å². The molecule has 1 atom stereocenters. The van der Waals surface area contributed by atoms with Crippen LogP contribution >= 0.6 is 11.3 Å². The summed E-state index contributed by atoms with van der Waals surface area (Å²) in [5.41, 5.74) is 5.46. The van der Waals surface area contributed by atoms with Gasteiger partial charge in [0.05, 0.1) is 16.3 Å². The van der Waals surface area contributed by atoms with Crippen molar-refractivity contribution in [2.45, 2.75) is 30.7 Å². The maximum absolute atomic E-state index is 12.6. The molecule has 1 fully saturated rings. The molecule has 2 N–H and O–H groups in total. The van der Waals surface area contributed by atoms with Gasteiger partial charge in [-0.05, 0) is 43.3 Å². The Balaban J connectivity index is 1.54. The third-order valence-corrected chi connectivity index (χ3v) is 7.64. The van der Waals surface area contributed by atoms with E-state index in [-0.39, 0.29) is 10.8 Å². The third-order valence-electron chi connectivity index (χ3n) is 4.97. The van der Waals surface area contributed by atoms with Gasteiger partial charge in [-0.1, -0.05) is 23.8 Å². The molecule has 0 unspecified atom stereocenters. The van der Waals surface area contributed by atoms with E-state index in [2.05, 4.69) is 10.9 Å².